The topological polar surface area (TPSA) is 57.6 Å². The highest BCUT2D eigenvalue weighted by atomic mass is 16.3. The van der Waals surface area contributed by atoms with E-state index in [0.717, 1.165) is 0 Å². The Balaban J connectivity index is 2.34. The van der Waals surface area contributed by atoms with Gasteiger partial charge in [0.2, 0.25) is 0 Å². The van der Waals surface area contributed by atoms with Crippen molar-refractivity contribution >= 4 is 11.7 Å². The van der Waals surface area contributed by atoms with E-state index in [0.29, 0.717) is 13.0 Å². The van der Waals surface area contributed by atoms with Crippen molar-refractivity contribution in [2.24, 2.45) is 0 Å². The fraction of sp³-hybridized carbons (Fsp3) is 0.385. The number of phenols is 1. The van der Waals surface area contributed by atoms with E-state index in [-0.39, 0.29) is 23.0 Å². The van der Waals surface area contributed by atoms with E-state index >= 15 is 0 Å². The molecule has 1 aliphatic rings. The number of ketones is 1. The minimum absolute atomic E-state index is 0.0485. The van der Waals surface area contributed by atoms with E-state index in [1.807, 2.05) is 0 Å². The largest absolute Gasteiger partial charge is 0.507 e. The van der Waals surface area contributed by atoms with E-state index in [9.17, 15) is 14.7 Å². The molecule has 4 heteroatoms. The van der Waals surface area contributed by atoms with Crippen LogP contribution < -0.4 is 0 Å². The zero-order valence-corrected chi connectivity index (χ0v) is 9.93. The van der Waals surface area contributed by atoms with Crippen LogP contribution in [0.2, 0.25) is 0 Å². The number of Topliss-reactive ketones (excluding diaryl/α,β-unsaturated/α-hetero) is 1. The fourth-order valence-electron chi connectivity index (χ4n) is 2.10. The Kier molecular flexibility index (Phi) is 2.65. The Bertz CT molecular complexity index is 479. The van der Waals surface area contributed by atoms with Gasteiger partial charge in [-0.2, -0.15) is 0 Å². The molecular weight excluding hydrogens is 218 g/mol. The molecule has 90 valence electrons. The SMILES string of the molecule is CC1(C)C(=O)CCN1C(=O)c1ccccc1O. The molecule has 1 N–H and O–H groups in total. The monoisotopic (exact) mass is 233 g/mol. The van der Waals surface area contributed by atoms with E-state index in [2.05, 4.69) is 0 Å². The quantitative estimate of drug-likeness (QED) is 0.801. The first kappa shape index (κ1) is 11.6. The Labute approximate surface area is 99.9 Å². The first-order valence-electron chi connectivity index (χ1n) is 5.58. The average molecular weight is 233 g/mol. The van der Waals surface area contributed by atoms with E-state index in [4.69, 9.17) is 0 Å². The number of aromatic hydroxyl groups is 1. The van der Waals surface area contributed by atoms with Gasteiger partial charge in [0, 0.05) is 13.0 Å². The van der Waals surface area contributed by atoms with Gasteiger partial charge in [0.25, 0.3) is 5.91 Å². The van der Waals surface area contributed by atoms with E-state index in [1.165, 1.54) is 11.0 Å². The summed E-state index contributed by atoms with van der Waals surface area (Å²) in [4.78, 5) is 25.4. The van der Waals surface area contributed by atoms with Gasteiger partial charge in [0.1, 0.15) is 5.75 Å². The van der Waals surface area contributed by atoms with Gasteiger partial charge in [-0.15, -0.1) is 0 Å². The summed E-state index contributed by atoms with van der Waals surface area (Å²) < 4.78 is 0. The lowest BCUT2D eigenvalue weighted by Gasteiger charge is -2.30. The van der Waals surface area contributed by atoms with Gasteiger partial charge in [0.05, 0.1) is 11.1 Å². The van der Waals surface area contributed by atoms with Crippen LogP contribution in [0.1, 0.15) is 30.6 Å². The maximum Gasteiger partial charge on any atom is 0.258 e. The molecule has 1 saturated heterocycles. The molecule has 0 spiro atoms. The van der Waals surface area contributed by atoms with Gasteiger partial charge in [-0.25, -0.2) is 0 Å². The molecule has 17 heavy (non-hydrogen) atoms. The highest BCUT2D eigenvalue weighted by Gasteiger charge is 2.43. The summed E-state index contributed by atoms with van der Waals surface area (Å²) in [5, 5.41) is 9.64. The number of likely N-dealkylation sites (tertiary alicyclic amines) is 1. The van der Waals surface area contributed by atoms with Crippen molar-refractivity contribution < 1.29 is 14.7 Å². The molecule has 0 radical (unpaired) electrons. The Morgan fingerprint density at radius 1 is 1.35 bits per heavy atom. The molecule has 1 aromatic rings. The van der Waals surface area contributed by atoms with Gasteiger partial charge >= 0.3 is 0 Å². The molecule has 1 amide bonds. The lowest BCUT2D eigenvalue weighted by atomic mass is 10.00. The number of hydrogen-bond donors (Lipinski definition) is 1. The second kappa shape index (κ2) is 3.87. The van der Waals surface area contributed by atoms with Crippen LogP contribution in [0.25, 0.3) is 0 Å². The summed E-state index contributed by atoms with van der Waals surface area (Å²) in [7, 11) is 0. The lowest BCUT2D eigenvalue weighted by Crippen LogP contribution is -2.46. The number of amides is 1. The number of nitrogens with zero attached hydrogens (tertiary/aromatic N) is 1. The third-order valence-corrected chi connectivity index (χ3v) is 3.30. The molecule has 0 saturated carbocycles. The van der Waals surface area contributed by atoms with Crippen molar-refractivity contribution in [1.29, 1.82) is 0 Å². The first-order valence-corrected chi connectivity index (χ1v) is 5.58. The zero-order valence-electron chi connectivity index (χ0n) is 9.93. The van der Waals surface area contributed by atoms with E-state index < -0.39 is 5.54 Å². The molecule has 0 aliphatic carbocycles. The second-order valence-corrected chi connectivity index (χ2v) is 4.71. The molecule has 1 aliphatic heterocycles. The van der Waals surface area contributed by atoms with Crippen molar-refractivity contribution in [2.75, 3.05) is 6.54 Å². The molecule has 2 rings (SSSR count). The predicted octanol–water partition coefficient (Wildman–Crippen LogP) is 1.59. The van der Waals surface area contributed by atoms with Gasteiger partial charge in [0.15, 0.2) is 5.78 Å². The van der Waals surface area contributed by atoms with Crippen LogP contribution in [-0.2, 0) is 4.79 Å². The molecule has 1 aromatic carbocycles. The van der Waals surface area contributed by atoms with Gasteiger partial charge in [-0.1, -0.05) is 12.1 Å². The first-order chi connectivity index (χ1) is 7.94. The van der Waals surface area contributed by atoms with Crippen molar-refractivity contribution in [2.45, 2.75) is 25.8 Å². The molecule has 1 fully saturated rings. The maximum atomic E-state index is 12.2. The zero-order chi connectivity index (χ0) is 12.6. The number of carbonyl (C=O) groups is 2. The number of phenolic OH excluding ortho intramolecular Hbond substituents is 1. The van der Waals surface area contributed by atoms with Crippen molar-refractivity contribution in [3.05, 3.63) is 29.8 Å². The number of rotatable bonds is 1. The number of carbonyl (C=O) groups excluding carboxylic acids is 2. The minimum Gasteiger partial charge on any atom is -0.507 e. The maximum absolute atomic E-state index is 12.2. The highest BCUT2D eigenvalue weighted by Crippen LogP contribution is 2.29. The summed E-state index contributed by atoms with van der Waals surface area (Å²) in [6.45, 7) is 3.89. The molecule has 4 nitrogen and oxygen atoms in total. The van der Waals surface area contributed by atoms with Gasteiger partial charge in [-0.3, -0.25) is 9.59 Å². The summed E-state index contributed by atoms with van der Waals surface area (Å²) >= 11 is 0. The number of hydrogen-bond acceptors (Lipinski definition) is 3. The lowest BCUT2D eigenvalue weighted by molar-refractivity contribution is -0.123. The van der Waals surface area contributed by atoms with Gasteiger partial charge < -0.3 is 10.0 Å². The van der Waals surface area contributed by atoms with Crippen LogP contribution in [0.4, 0.5) is 0 Å². The van der Waals surface area contributed by atoms with Crippen LogP contribution in [0, 0.1) is 0 Å². The summed E-state index contributed by atoms with van der Waals surface area (Å²) in [6, 6.07) is 6.39. The van der Waals surface area contributed by atoms with E-state index in [1.54, 1.807) is 32.0 Å². The van der Waals surface area contributed by atoms with Crippen LogP contribution in [0.3, 0.4) is 0 Å². The number of para-hydroxylation sites is 1. The summed E-state index contributed by atoms with van der Waals surface area (Å²) in [5.74, 6) is -0.284. The summed E-state index contributed by atoms with van der Waals surface area (Å²) in [6.07, 6.45) is 0.381. The third-order valence-electron chi connectivity index (χ3n) is 3.30. The highest BCUT2D eigenvalue weighted by molar-refractivity contribution is 6.03. The smallest absolute Gasteiger partial charge is 0.258 e. The molecule has 0 unspecified atom stereocenters. The molecular formula is C13H15NO3. The third kappa shape index (κ3) is 1.79. The van der Waals surface area contributed by atoms with Crippen LogP contribution in [0.15, 0.2) is 24.3 Å². The van der Waals surface area contributed by atoms with Crippen LogP contribution >= 0.6 is 0 Å². The average Bonchev–Trinajstić information content (AvgIpc) is 2.54. The fourth-order valence-corrected chi connectivity index (χ4v) is 2.10. The molecule has 1 heterocycles. The van der Waals surface area contributed by atoms with Gasteiger partial charge in [-0.05, 0) is 26.0 Å². The predicted molar refractivity (Wildman–Crippen MR) is 62.8 cm³/mol. The summed E-state index contributed by atoms with van der Waals surface area (Å²) in [5.41, 5.74) is -0.533. The standard InChI is InChI=1S/C13H15NO3/c1-13(2)11(16)7-8-14(13)12(17)9-5-3-4-6-10(9)15/h3-6,15H,7-8H2,1-2H3. The normalized spacial score (nSPS) is 18.5. The second-order valence-electron chi connectivity index (χ2n) is 4.71. The Morgan fingerprint density at radius 3 is 2.53 bits per heavy atom. The Hall–Kier alpha value is -1.84. The minimum atomic E-state index is -0.778. The molecule has 0 aromatic heterocycles. The van der Waals surface area contributed by atoms with Crippen LogP contribution in [-0.4, -0.2) is 33.8 Å². The van der Waals surface area contributed by atoms with Crippen molar-refractivity contribution in [1.82, 2.24) is 4.90 Å². The Morgan fingerprint density at radius 2 is 2.00 bits per heavy atom. The van der Waals surface area contributed by atoms with Crippen molar-refractivity contribution in [3.63, 3.8) is 0 Å². The van der Waals surface area contributed by atoms with Crippen molar-refractivity contribution in [3.8, 4) is 5.75 Å². The van der Waals surface area contributed by atoms with Crippen LogP contribution in [0.5, 0.6) is 5.75 Å². The molecule has 0 bridgehead atoms. The number of benzene rings is 1. The molecule has 0 atom stereocenters.